The molecule has 4 aliphatic rings. The quantitative estimate of drug-likeness (QED) is 0.355. The molecule has 12 nitrogen and oxygen atoms in total. The summed E-state index contributed by atoms with van der Waals surface area (Å²) in [5, 5.41) is 0. The molecule has 0 aromatic heterocycles. The van der Waals surface area contributed by atoms with E-state index in [2.05, 4.69) is 37.0 Å². The first-order valence-electron chi connectivity index (χ1n) is 16.6. The monoisotopic (exact) mass is 666 g/mol. The Labute approximate surface area is 288 Å². The molecular weight excluding hydrogens is 605 g/mol. The van der Waals surface area contributed by atoms with Gasteiger partial charge in [-0.3, -0.25) is 0 Å². The van der Waals surface area contributed by atoms with E-state index < -0.39 is 0 Å². The smallest absolute Gasteiger partial charge is 0.523 e. The van der Waals surface area contributed by atoms with Crippen LogP contribution in [0.5, 0.6) is 11.5 Å². The lowest BCUT2D eigenvalue weighted by atomic mass is 9.90. The fourth-order valence-corrected chi connectivity index (χ4v) is 3.86. The van der Waals surface area contributed by atoms with Gasteiger partial charge in [-0.1, -0.05) is 12.1 Å². The number of para-hydroxylation sites is 2. The van der Waals surface area contributed by atoms with E-state index in [1.165, 1.54) is 0 Å². The minimum absolute atomic E-state index is 0.0359. The summed E-state index contributed by atoms with van der Waals surface area (Å²) in [5.41, 5.74) is -0.321. The molecule has 0 atom stereocenters. The Kier molecular flexibility index (Phi) is 25.1. The maximum Gasteiger partial charge on any atom is 0.591 e. The Balaban J connectivity index is 0.000000548. The maximum absolute atomic E-state index is 5.54. The lowest BCUT2D eigenvalue weighted by Crippen LogP contribution is -2.41. The van der Waals surface area contributed by atoms with Crippen molar-refractivity contribution in [2.24, 2.45) is 0 Å². The number of rotatable bonds is 6. The van der Waals surface area contributed by atoms with E-state index in [-0.39, 0.29) is 53.9 Å². The van der Waals surface area contributed by atoms with Crippen molar-refractivity contribution in [3.8, 4) is 11.5 Å². The molecule has 4 heterocycles. The van der Waals surface area contributed by atoms with Gasteiger partial charge >= 0.3 is 42.7 Å². The van der Waals surface area contributed by atoms with Crippen LogP contribution in [0.2, 0.25) is 40.9 Å². The topological polar surface area (TPSA) is 111 Å². The van der Waals surface area contributed by atoms with Gasteiger partial charge in [0.1, 0.15) is 11.5 Å². The van der Waals surface area contributed by atoms with Gasteiger partial charge in [0.25, 0.3) is 0 Å². The highest BCUT2D eigenvalue weighted by Gasteiger charge is 2.48. The third kappa shape index (κ3) is 21.5. The standard InChI is InChI=1S/C7H7BO2.C7H15BO2.C5H13BO2.C4H9BO2.C3H7BO2.C3H9BO2/c1-8-9-6-4-2-3-5-7(6)10-8;1-6(2)7(3,4)10-8(5)9-6;1-4-7-6(3)8-5-2;1-5-6-3-2-4-7-5;1-4-5-2-3-6-4;1-4(5-2)6-3/h2-5H,1H3;1-5H3;4-5H2,1-3H3;2-4H2,1H3;2-3H2,1H3;1-3H3. The Morgan fingerprint density at radius 1 is 0.617 bits per heavy atom. The SMILES string of the molecule is CB1OC(C)(C)C(C)(C)O1.CB1OCCCO1.CB1OCCO1.CB1Oc2ccccc2O1.CCOB(C)OCC.COB(C)OC. The highest BCUT2D eigenvalue weighted by molar-refractivity contribution is 6.46. The summed E-state index contributed by atoms with van der Waals surface area (Å²) in [6.45, 7) is 28.2. The minimum atomic E-state index is -0.160. The van der Waals surface area contributed by atoms with E-state index in [4.69, 9.17) is 46.5 Å². The molecule has 3 saturated heterocycles. The van der Waals surface area contributed by atoms with Gasteiger partial charge in [0.05, 0.1) is 24.4 Å². The van der Waals surface area contributed by atoms with Gasteiger partial charge in [-0.2, -0.15) is 0 Å². The number of hydrogen-bond acceptors (Lipinski definition) is 12. The molecule has 0 spiro atoms. The summed E-state index contributed by atoms with van der Waals surface area (Å²) in [7, 11) is 3.00. The normalized spacial score (nSPS) is 18.1. The van der Waals surface area contributed by atoms with Gasteiger partial charge in [0.15, 0.2) is 0 Å². The average Bonchev–Trinajstić information content (AvgIpc) is 3.70. The third-order valence-electron chi connectivity index (χ3n) is 7.05. The van der Waals surface area contributed by atoms with Crippen LogP contribution in [0.25, 0.3) is 0 Å². The van der Waals surface area contributed by atoms with Crippen LogP contribution in [0.4, 0.5) is 0 Å². The minimum Gasteiger partial charge on any atom is -0.523 e. The molecular formula is C29H60B6O12. The molecule has 5 rings (SSSR count). The molecule has 3 fully saturated rings. The molecule has 0 N–H and O–H groups in total. The molecule has 0 bridgehead atoms. The molecule has 0 amide bonds. The van der Waals surface area contributed by atoms with Crippen LogP contribution in [0, 0.1) is 0 Å². The van der Waals surface area contributed by atoms with Crippen LogP contribution in [0.1, 0.15) is 48.0 Å². The Hall–Kier alpha value is -1.19. The first-order valence-corrected chi connectivity index (χ1v) is 16.6. The van der Waals surface area contributed by atoms with Gasteiger partial charge in [-0.05, 0) is 101 Å². The lowest BCUT2D eigenvalue weighted by molar-refractivity contribution is 0.00578. The molecule has 1 aromatic carbocycles. The molecule has 0 unspecified atom stereocenters. The molecule has 4 aliphatic heterocycles. The Bertz CT molecular complexity index is 844. The number of benzene rings is 1. The molecule has 0 aliphatic carbocycles. The van der Waals surface area contributed by atoms with Crippen molar-refractivity contribution in [1.29, 1.82) is 0 Å². The number of hydrogen-bond donors (Lipinski definition) is 0. The highest BCUT2D eigenvalue weighted by Crippen LogP contribution is 2.36. The summed E-state index contributed by atoms with van der Waals surface area (Å²) < 4.78 is 61.1. The summed E-state index contributed by atoms with van der Waals surface area (Å²) in [4.78, 5) is 0. The van der Waals surface area contributed by atoms with Crippen LogP contribution in [0.15, 0.2) is 24.3 Å². The fourth-order valence-electron chi connectivity index (χ4n) is 3.86. The first kappa shape index (κ1) is 45.8. The van der Waals surface area contributed by atoms with E-state index in [0.29, 0.717) is 0 Å². The Morgan fingerprint density at radius 3 is 1.21 bits per heavy atom. The van der Waals surface area contributed by atoms with E-state index in [0.717, 1.165) is 57.6 Å². The van der Waals surface area contributed by atoms with Crippen LogP contribution in [0.3, 0.4) is 0 Å². The van der Waals surface area contributed by atoms with E-state index in [1.54, 1.807) is 14.2 Å². The van der Waals surface area contributed by atoms with Crippen molar-refractivity contribution in [2.75, 3.05) is 53.9 Å². The third-order valence-corrected chi connectivity index (χ3v) is 7.05. The van der Waals surface area contributed by atoms with Gasteiger partial charge < -0.3 is 55.9 Å². The summed E-state index contributed by atoms with van der Waals surface area (Å²) in [5.74, 6) is 1.69. The zero-order chi connectivity index (χ0) is 35.9. The van der Waals surface area contributed by atoms with Crippen LogP contribution in [-0.2, 0) is 46.5 Å². The lowest BCUT2D eigenvalue weighted by Gasteiger charge is -2.32. The molecule has 266 valence electrons. The molecule has 0 saturated carbocycles. The van der Waals surface area contributed by atoms with Crippen molar-refractivity contribution < 1.29 is 55.9 Å². The zero-order valence-corrected chi connectivity index (χ0v) is 31.6. The molecule has 18 heteroatoms. The summed E-state index contributed by atoms with van der Waals surface area (Å²) in [6.07, 6.45) is 1.05. The zero-order valence-electron chi connectivity index (χ0n) is 31.6. The van der Waals surface area contributed by atoms with Crippen molar-refractivity contribution in [2.45, 2.75) is 100 Å². The summed E-state index contributed by atoms with van der Waals surface area (Å²) in [6, 6.07) is 7.66. The van der Waals surface area contributed by atoms with Crippen molar-refractivity contribution in [1.82, 2.24) is 0 Å². The fraction of sp³-hybridized carbons (Fsp3) is 0.793. The maximum atomic E-state index is 5.54. The Morgan fingerprint density at radius 2 is 1.00 bits per heavy atom. The average molecular weight is 666 g/mol. The summed E-state index contributed by atoms with van der Waals surface area (Å²) >= 11 is 0. The second-order valence-corrected chi connectivity index (χ2v) is 11.6. The van der Waals surface area contributed by atoms with Gasteiger partial charge in [0, 0.05) is 40.6 Å². The van der Waals surface area contributed by atoms with Crippen LogP contribution in [-0.4, -0.2) is 108 Å². The predicted octanol–water partition coefficient (Wildman–Crippen LogP) is 5.55. The van der Waals surface area contributed by atoms with E-state index in [9.17, 15) is 0 Å². The van der Waals surface area contributed by atoms with Gasteiger partial charge in [-0.15, -0.1) is 0 Å². The predicted molar refractivity (Wildman–Crippen MR) is 193 cm³/mol. The van der Waals surface area contributed by atoms with Crippen molar-refractivity contribution >= 4 is 42.7 Å². The molecule has 0 radical (unpaired) electrons. The van der Waals surface area contributed by atoms with Crippen LogP contribution >= 0.6 is 0 Å². The van der Waals surface area contributed by atoms with Gasteiger partial charge in [0.2, 0.25) is 0 Å². The van der Waals surface area contributed by atoms with Crippen LogP contribution < -0.4 is 9.31 Å². The highest BCUT2D eigenvalue weighted by atomic mass is 16.7. The molecule has 47 heavy (non-hydrogen) atoms. The van der Waals surface area contributed by atoms with Crippen molar-refractivity contribution in [3.05, 3.63) is 24.3 Å². The van der Waals surface area contributed by atoms with E-state index >= 15 is 0 Å². The number of fused-ring (bicyclic) bond motifs is 1. The second-order valence-electron chi connectivity index (χ2n) is 11.6. The van der Waals surface area contributed by atoms with Crippen molar-refractivity contribution in [3.63, 3.8) is 0 Å². The van der Waals surface area contributed by atoms with E-state index in [1.807, 2.05) is 79.1 Å². The largest absolute Gasteiger partial charge is 0.591 e. The molecule has 1 aromatic rings. The van der Waals surface area contributed by atoms with Gasteiger partial charge in [-0.25, -0.2) is 0 Å². The first-order chi connectivity index (χ1) is 22.1. The second kappa shape index (κ2) is 25.7.